The fourth-order valence-corrected chi connectivity index (χ4v) is 2.61. The van der Waals surface area contributed by atoms with E-state index in [1.54, 1.807) is 12.0 Å². The van der Waals surface area contributed by atoms with Crippen LogP contribution in [0.4, 0.5) is 0 Å². The van der Waals surface area contributed by atoms with Crippen LogP contribution in [0.2, 0.25) is 0 Å². The average molecular weight is 328 g/mol. The van der Waals surface area contributed by atoms with Crippen molar-refractivity contribution in [3.63, 3.8) is 0 Å². The predicted octanol–water partition coefficient (Wildman–Crippen LogP) is 2.60. The molecular weight excluding hydrogens is 310 g/mol. The number of amides is 1. The lowest BCUT2D eigenvalue weighted by Crippen LogP contribution is -2.40. The quantitative estimate of drug-likeness (QED) is 0.856. The number of hydrogen-bond acceptors (Lipinski definition) is 3. The summed E-state index contributed by atoms with van der Waals surface area (Å²) in [7, 11) is 1.57. The molecule has 1 atom stereocenters. The molecule has 5 heteroatoms. The van der Waals surface area contributed by atoms with Gasteiger partial charge in [0, 0.05) is 23.7 Å². The van der Waals surface area contributed by atoms with E-state index in [0.717, 1.165) is 15.8 Å². The van der Waals surface area contributed by atoms with Crippen molar-refractivity contribution in [2.75, 3.05) is 20.3 Å². The molecule has 1 unspecified atom stereocenters. The van der Waals surface area contributed by atoms with E-state index >= 15 is 0 Å². The van der Waals surface area contributed by atoms with Crippen molar-refractivity contribution < 1.29 is 14.3 Å². The number of fused-ring (bicyclic) bond motifs is 1. The maximum Gasteiger partial charge on any atom is 0.252 e. The maximum atomic E-state index is 12.3. The summed E-state index contributed by atoms with van der Waals surface area (Å²) in [5.41, 5.74) is 1.02. The third-order valence-corrected chi connectivity index (χ3v) is 3.74. The number of methoxy groups -OCH3 is 1. The first-order valence-electron chi connectivity index (χ1n) is 6.38. The minimum Gasteiger partial charge on any atom is -0.491 e. The van der Waals surface area contributed by atoms with Gasteiger partial charge in [0.25, 0.3) is 5.91 Å². The van der Waals surface area contributed by atoms with Crippen molar-refractivity contribution >= 4 is 21.8 Å². The van der Waals surface area contributed by atoms with Crippen molar-refractivity contribution in [1.82, 2.24) is 4.90 Å². The van der Waals surface area contributed by atoms with Crippen molar-refractivity contribution in [3.05, 3.63) is 28.2 Å². The van der Waals surface area contributed by atoms with Gasteiger partial charge in [-0.2, -0.15) is 0 Å². The Balaban J connectivity index is 2.19. The second-order valence-electron chi connectivity index (χ2n) is 4.49. The highest BCUT2D eigenvalue weighted by molar-refractivity contribution is 9.10. The lowest BCUT2D eigenvalue weighted by Gasteiger charge is -2.24. The van der Waals surface area contributed by atoms with Crippen LogP contribution in [0.15, 0.2) is 22.7 Å². The molecule has 1 aromatic rings. The van der Waals surface area contributed by atoms with E-state index in [4.69, 9.17) is 9.47 Å². The number of carbonyl (C=O) groups is 1. The Kier molecular flexibility index (Phi) is 4.82. The average Bonchev–Trinajstić information content (AvgIpc) is 2.61. The Hall–Kier alpha value is -1.07. The lowest BCUT2D eigenvalue weighted by molar-refractivity contribution is -0.142. The molecule has 0 saturated carbocycles. The second-order valence-corrected chi connectivity index (χ2v) is 5.41. The number of ether oxygens (including phenoxy) is 2. The summed E-state index contributed by atoms with van der Waals surface area (Å²) in [6.45, 7) is 3.61. The normalized spacial score (nSPS) is 16.3. The summed E-state index contributed by atoms with van der Waals surface area (Å²) < 4.78 is 11.9. The number of carbonyl (C=O) groups excluding carboxylic acids is 1. The molecule has 1 aliphatic heterocycles. The third-order valence-electron chi connectivity index (χ3n) is 3.24. The Labute approximate surface area is 121 Å². The standard InChI is InChI=1S/C14H18BrNO3/c1-3-12(18-2)14(17)16-6-7-19-13-5-4-11(15)8-10(13)9-16/h4-5,8,12H,3,6-7,9H2,1-2H3. The van der Waals surface area contributed by atoms with Gasteiger partial charge in [0.2, 0.25) is 0 Å². The highest BCUT2D eigenvalue weighted by atomic mass is 79.9. The molecular formula is C14H18BrNO3. The van der Waals surface area contributed by atoms with E-state index in [1.807, 2.05) is 25.1 Å². The topological polar surface area (TPSA) is 38.8 Å². The zero-order chi connectivity index (χ0) is 13.8. The largest absolute Gasteiger partial charge is 0.491 e. The van der Waals surface area contributed by atoms with Gasteiger partial charge in [0.05, 0.1) is 6.54 Å². The van der Waals surface area contributed by atoms with Crippen LogP contribution in [0.25, 0.3) is 0 Å². The van der Waals surface area contributed by atoms with Crippen LogP contribution < -0.4 is 4.74 Å². The molecule has 0 saturated heterocycles. The third kappa shape index (κ3) is 3.28. The lowest BCUT2D eigenvalue weighted by atomic mass is 10.1. The highest BCUT2D eigenvalue weighted by Gasteiger charge is 2.25. The molecule has 0 radical (unpaired) electrons. The molecule has 19 heavy (non-hydrogen) atoms. The zero-order valence-corrected chi connectivity index (χ0v) is 12.8. The van der Waals surface area contributed by atoms with E-state index in [-0.39, 0.29) is 12.0 Å². The monoisotopic (exact) mass is 327 g/mol. The van der Waals surface area contributed by atoms with E-state index < -0.39 is 0 Å². The number of nitrogens with zero attached hydrogens (tertiary/aromatic N) is 1. The fourth-order valence-electron chi connectivity index (χ4n) is 2.20. The van der Waals surface area contributed by atoms with Gasteiger partial charge < -0.3 is 14.4 Å². The molecule has 0 aromatic heterocycles. The van der Waals surface area contributed by atoms with Crippen LogP contribution in [-0.4, -0.2) is 37.2 Å². The summed E-state index contributed by atoms with van der Waals surface area (Å²) in [5, 5.41) is 0. The summed E-state index contributed by atoms with van der Waals surface area (Å²) in [5.74, 6) is 0.880. The van der Waals surface area contributed by atoms with Gasteiger partial charge in [-0.3, -0.25) is 4.79 Å². The van der Waals surface area contributed by atoms with E-state index in [1.165, 1.54) is 0 Å². The molecule has 0 fully saturated rings. The Morgan fingerprint density at radius 2 is 2.37 bits per heavy atom. The minimum atomic E-state index is -0.367. The highest BCUT2D eigenvalue weighted by Crippen LogP contribution is 2.27. The van der Waals surface area contributed by atoms with Gasteiger partial charge in [0.1, 0.15) is 18.5 Å². The van der Waals surface area contributed by atoms with Crippen LogP contribution in [0.3, 0.4) is 0 Å². The van der Waals surface area contributed by atoms with Gasteiger partial charge in [0.15, 0.2) is 0 Å². The Morgan fingerprint density at radius 1 is 1.58 bits per heavy atom. The van der Waals surface area contributed by atoms with Gasteiger partial charge in [-0.1, -0.05) is 22.9 Å². The smallest absolute Gasteiger partial charge is 0.252 e. The van der Waals surface area contributed by atoms with E-state index in [0.29, 0.717) is 26.1 Å². The van der Waals surface area contributed by atoms with Gasteiger partial charge in [-0.15, -0.1) is 0 Å². The molecule has 0 N–H and O–H groups in total. The van der Waals surface area contributed by atoms with Crippen LogP contribution in [-0.2, 0) is 16.1 Å². The number of rotatable bonds is 3. The molecule has 1 aliphatic rings. The van der Waals surface area contributed by atoms with E-state index in [9.17, 15) is 4.79 Å². The molecule has 1 aromatic carbocycles. The Bertz CT molecular complexity index is 460. The van der Waals surface area contributed by atoms with Crippen LogP contribution in [0.5, 0.6) is 5.75 Å². The number of halogens is 1. The SMILES string of the molecule is CCC(OC)C(=O)N1CCOc2ccc(Br)cc2C1. The van der Waals surface area contributed by atoms with E-state index in [2.05, 4.69) is 15.9 Å². The summed E-state index contributed by atoms with van der Waals surface area (Å²) in [6, 6.07) is 5.87. The van der Waals surface area contributed by atoms with Crippen LogP contribution in [0, 0.1) is 0 Å². The first kappa shape index (κ1) is 14.3. The molecule has 1 amide bonds. The first-order valence-corrected chi connectivity index (χ1v) is 7.17. The zero-order valence-electron chi connectivity index (χ0n) is 11.2. The van der Waals surface area contributed by atoms with Crippen molar-refractivity contribution in [2.24, 2.45) is 0 Å². The minimum absolute atomic E-state index is 0.0291. The Morgan fingerprint density at radius 3 is 3.05 bits per heavy atom. The first-order chi connectivity index (χ1) is 9.15. The summed E-state index contributed by atoms with van der Waals surface area (Å²) in [4.78, 5) is 14.1. The molecule has 1 heterocycles. The van der Waals surface area contributed by atoms with Crippen molar-refractivity contribution in [1.29, 1.82) is 0 Å². The molecule has 0 aliphatic carbocycles. The van der Waals surface area contributed by atoms with Gasteiger partial charge in [-0.25, -0.2) is 0 Å². The predicted molar refractivity (Wildman–Crippen MR) is 76.1 cm³/mol. The second kappa shape index (κ2) is 6.39. The number of benzene rings is 1. The summed E-state index contributed by atoms with van der Waals surface area (Å²) >= 11 is 3.45. The molecule has 4 nitrogen and oxygen atoms in total. The van der Waals surface area contributed by atoms with Crippen LogP contribution >= 0.6 is 15.9 Å². The molecule has 104 valence electrons. The van der Waals surface area contributed by atoms with Crippen molar-refractivity contribution in [2.45, 2.75) is 26.0 Å². The summed E-state index contributed by atoms with van der Waals surface area (Å²) in [6.07, 6.45) is 0.312. The molecule has 2 rings (SSSR count). The maximum absolute atomic E-state index is 12.3. The van der Waals surface area contributed by atoms with Gasteiger partial charge >= 0.3 is 0 Å². The molecule has 0 bridgehead atoms. The van der Waals surface area contributed by atoms with Gasteiger partial charge in [-0.05, 0) is 24.6 Å². The van der Waals surface area contributed by atoms with Crippen LogP contribution in [0.1, 0.15) is 18.9 Å². The van der Waals surface area contributed by atoms with Crippen molar-refractivity contribution in [3.8, 4) is 5.75 Å². The molecule has 0 spiro atoms. The number of hydrogen-bond donors (Lipinski definition) is 0. The fraction of sp³-hybridized carbons (Fsp3) is 0.500.